The minimum Gasteiger partial charge on any atom is -0.396 e. The summed E-state index contributed by atoms with van der Waals surface area (Å²) in [5.74, 6) is 0.0565. The largest absolute Gasteiger partial charge is 0.396 e. The quantitative estimate of drug-likeness (QED) is 0.813. The van der Waals surface area contributed by atoms with Gasteiger partial charge in [-0.2, -0.15) is 0 Å². The number of hydrogen-bond acceptors (Lipinski definition) is 3. The molecule has 0 aliphatic carbocycles. The lowest BCUT2D eigenvalue weighted by Crippen LogP contribution is -2.12. The van der Waals surface area contributed by atoms with Crippen molar-refractivity contribution in [1.29, 1.82) is 0 Å². The summed E-state index contributed by atoms with van der Waals surface area (Å²) in [4.78, 5) is 18.3. The van der Waals surface area contributed by atoms with Crippen molar-refractivity contribution in [3.05, 3.63) is 40.2 Å². The van der Waals surface area contributed by atoms with Crippen molar-refractivity contribution in [1.82, 2.24) is 9.97 Å². The lowest BCUT2D eigenvalue weighted by molar-refractivity contribution is 0.287. The van der Waals surface area contributed by atoms with E-state index in [9.17, 15) is 9.18 Å². The summed E-state index contributed by atoms with van der Waals surface area (Å²) >= 11 is 0. The van der Waals surface area contributed by atoms with Gasteiger partial charge in [-0.25, -0.2) is 9.37 Å². The molecular formula is C11H11FN2O2. The molecule has 0 unspecified atom stereocenters. The monoisotopic (exact) mass is 222 g/mol. The average Bonchev–Trinajstić information content (AvgIpc) is 2.27. The Morgan fingerprint density at radius 3 is 3.00 bits per heavy atom. The maximum absolute atomic E-state index is 12.9. The van der Waals surface area contributed by atoms with Gasteiger partial charge in [0.1, 0.15) is 11.6 Å². The number of aliphatic hydroxyl groups excluding tert-OH is 1. The summed E-state index contributed by atoms with van der Waals surface area (Å²) in [6.07, 6.45) is 1.04. The maximum Gasteiger partial charge on any atom is 0.258 e. The number of aromatic amines is 1. The fourth-order valence-corrected chi connectivity index (χ4v) is 1.52. The van der Waals surface area contributed by atoms with Gasteiger partial charge in [0.15, 0.2) is 0 Å². The molecule has 0 spiro atoms. The molecule has 1 heterocycles. The van der Waals surface area contributed by atoms with Gasteiger partial charge in [-0.3, -0.25) is 4.79 Å². The van der Waals surface area contributed by atoms with Crippen LogP contribution >= 0.6 is 0 Å². The van der Waals surface area contributed by atoms with Crippen LogP contribution in [0.15, 0.2) is 23.0 Å². The van der Waals surface area contributed by atoms with Crippen LogP contribution in [0, 0.1) is 5.82 Å². The van der Waals surface area contributed by atoms with Gasteiger partial charge in [0.25, 0.3) is 5.56 Å². The van der Waals surface area contributed by atoms with E-state index < -0.39 is 5.82 Å². The normalized spacial score (nSPS) is 10.9. The van der Waals surface area contributed by atoms with Crippen molar-refractivity contribution in [3.63, 3.8) is 0 Å². The molecule has 2 N–H and O–H groups in total. The van der Waals surface area contributed by atoms with Crippen molar-refractivity contribution in [2.45, 2.75) is 12.8 Å². The molecule has 0 atom stereocenters. The van der Waals surface area contributed by atoms with Crippen LogP contribution in [0.1, 0.15) is 12.2 Å². The van der Waals surface area contributed by atoms with E-state index in [-0.39, 0.29) is 17.6 Å². The van der Waals surface area contributed by atoms with Gasteiger partial charge in [0.05, 0.1) is 10.9 Å². The Morgan fingerprint density at radius 1 is 1.44 bits per heavy atom. The highest BCUT2D eigenvalue weighted by molar-refractivity contribution is 5.77. The Bertz CT molecular complexity index is 565. The van der Waals surface area contributed by atoms with Crippen LogP contribution < -0.4 is 5.56 Å². The van der Waals surface area contributed by atoms with E-state index >= 15 is 0 Å². The molecular weight excluding hydrogens is 211 g/mol. The molecule has 1 aromatic carbocycles. The molecule has 1 aromatic heterocycles. The summed E-state index contributed by atoms with van der Waals surface area (Å²) < 4.78 is 12.9. The molecule has 0 radical (unpaired) electrons. The average molecular weight is 222 g/mol. The number of rotatable bonds is 3. The third-order valence-electron chi connectivity index (χ3n) is 2.29. The zero-order chi connectivity index (χ0) is 11.5. The highest BCUT2D eigenvalue weighted by Gasteiger charge is 2.04. The molecule has 84 valence electrons. The summed E-state index contributed by atoms with van der Waals surface area (Å²) in [6.45, 7) is 0.0468. The minimum atomic E-state index is -0.456. The molecule has 0 fully saturated rings. The van der Waals surface area contributed by atoms with Gasteiger partial charge in [0, 0.05) is 13.0 Å². The van der Waals surface area contributed by atoms with Gasteiger partial charge in [0.2, 0.25) is 0 Å². The van der Waals surface area contributed by atoms with Gasteiger partial charge in [-0.15, -0.1) is 0 Å². The first kappa shape index (κ1) is 10.8. The topological polar surface area (TPSA) is 66.0 Å². The van der Waals surface area contributed by atoms with Crippen molar-refractivity contribution in [2.75, 3.05) is 6.61 Å². The number of H-pyrrole nitrogens is 1. The van der Waals surface area contributed by atoms with Gasteiger partial charge < -0.3 is 10.1 Å². The number of aryl methyl sites for hydroxylation is 1. The first-order valence-corrected chi connectivity index (χ1v) is 5.00. The predicted octanol–water partition coefficient (Wildman–Crippen LogP) is 0.987. The van der Waals surface area contributed by atoms with E-state index in [0.29, 0.717) is 24.2 Å². The lowest BCUT2D eigenvalue weighted by Gasteiger charge is -2.01. The van der Waals surface area contributed by atoms with Crippen molar-refractivity contribution >= 4 is 10.9 Å². The van der Waals surface area contributed by atoms with Crippen LogP contribution in [0.25, 0.3) is 10.9 Å². The zero-order valence-corrected chi connectivity index (χ0v) is 8.53. The summed E-state index contributed by atoms with van der Waals surface area (Å²) in [7, 11) is 0. The molecule has 5 heteroatoms. The van der Waals surface area contributed by atoms with Crippen LogP contribution in [0.4, 0.5) is 4.39 Å². The first-order valence-electron chi connectivity index (χ1n) is 5.00. The predicted molar refractivity (Wildman–Crippen MR) is 57.7 cm³/mol. The standard InChI is InChI=1S/C11H11FN2O2/c12-7-3-4-9-8(6-7)11(16)14-10(13-9)2-1-5-15/h3-4,6,15H,1-2,5H2,(H,13,14,16). The van der Waals surface area contributed by atoms with Crippen LogP contribution in [-0.4, -0.2) is 21.7 Å². The molecule has 0 saturated carbocycles. The molecule has 0 aliphatic rings. The smallest absolute Gasteiger partial charge is 0.258 e. The number of benzene rings is 1. The Morgan fingerprint density at radius 2 is 2.25 bits per heavy atom. The molecule has 0 amide bonds. The van der Waals surface area contributed by atoms with Crippen LogP contribution in [0.2, 0.25) is 0 Å². The third kappa shape index (κ3) is 2.09. The van der Waals surface area contributed by atoms with E-state index in [1.54, 1.807) is 0 Å². The number of fused-ring (bicyclic) bond motifs is 1. The summed E-state index contributed by atoms with van der Waals surface area (Å²) in [5.41, 5.74) is 0.121. The number of halogens is 1. The zero-order valence-electron chi connectivity index (χ0n) is 8.53. The summed E-state index contributed by atoms with van der Waals surface area (Å²) in [5, 5.41) is 8.92. The van der Waals surface area contributed by atoms with E-state index in [2.05, 4.69) is 9.97 Å². The molecule has 4 nitrogen and oxygen atoms in total. The SMILES string of the molecule is O=c1[nH]c(CCCO)nc2ccc(F)cc12. The second kappa shape index (κ2) is 4.40. The summed E-state index contributed by atoms with van der Waals surface area (Å²) in [6, 6.07) is 3.91. The van der Waals surface area contributed by atoms with Crippen molar-refractivity contribution in [3.8, 4) is 0 Å². The Hall–Kier alpha value is -1.75. The van der Waals surface area contributed by atoms with E-state index in [1.807, 2.05) is 0 Å². The maximum atomic E-state index is 12.9. The second-order valence-electron chi connectivity index (χ2n) is 3.50. The van der Waals surface area contributed by atoms with Crippen LogP contribution in [0.5, 0.6) is 0 Å². The number of nitrogens with zero attached hydrogens (tertiary/aromatic N) is 1. The van der Waals surface area contributed by atoms with Crippen LogP contribution in [0.3, 0.4) is 0 Å². The van der Waals surface area contributed by atoms with Gasteiger partial charge >= 0.3 is 0 Å². The fraction of sp³-hybridized carbons (Fsp3) is 0.273. The Labute approximate surface area is 90.8 Å². The Kier molecular flexibility index (Phi) is 2.96. The van der Waals surface area contributed by atoms with Crippen molar-refractivity contribution < 1.29 is 9.50 Å². The Balaban J connectivity index is 2.51. The number of aliphatic hydroxyl groups is 1. The molecule has 0 aliphatic heterocycles. The number of aromatic nitrogens is 2. The first-order chi connectivity index (χ1) is 7.70. The second-order valence-corrected chi connectivity index (χ2v) is 3.50. The highest BCUT2D eigenvalue weighted by Crippen LogP contribution is 2.09. The molecule has 2 aromatic rings. The number of nitrogens with one attached hydrogen (secondary N) is 1. The molecule has 2 rings (SSSR count). The van der Waals surface area contributed by atoms with Gasteiger partial charge in [-0.05, 0) is 24.6 Å². The fourth-order valence-electron chi connectivity index (χ4n) is 1.52. The van der Waals surface area contributed by atoms with E-state index in [0.717, 1.165) is 6.07 Å². The minimum absolute atomic E-state index is 0.0468. The third-order valence-corrected chi connectivity index (χ3v) is 2.29. The number of hydrogen-bond donors (Lipinski definition) is 2. The van der Waals surface area contributed by atoms with Crippen LogP contribution in [-0.2, 0) is 6.42 Å². The molecule has 0 saturated heterocycles. The van der Waals surface area contributed by atoms with E-state index in [1.165, 1.54) is 12.1 Å². The highest BCUT2D eigenvalue weighted by atomic mass is 19.1. The van der Waals surface area contributed by atoms with E-state index in [4.69, 9.17) is 5.11 Å². The molecule has 16 heavy (non-hydrogen) atoms. The van der Waals surface area contributed by atoms with Gasteiger partial charge in [-0.1, -0.05) is 0 Å². The van der Waals surface area contributed by atoms with Crippen molar-refractivity contribution in [2.24, 2.45) is 0 Å². The lowest BCUT2D eigenvalue weighted by atomic mass is 10.2. The molecule has 0 bridgehead atoms.